The Labute approximate surface area is 186 Å². The third kappa shape index (κ3) is 4.74. The maximum atomic E-state index is 13.2. The molecule has 4 rings (SSSR count). The molecule has 0 atom stereocenters. The summed E-state index contributed by atoms with van der Waals surface area (Å²) >= 11 is 0. The molecule has 0 aliphatic carbocycles. The number of nitrogens with zero attached hydrogens (tertiary/aromatic N) is 3. The summed E-state index contributed by atoms with van der Waals surface area (Å²) in [5.74, 6) is -0.829. The van der Waals surface area contributed by atoms with E-state index in [-0.39, 0.29) is 23.5 Å². The second-order valence-electron chi connectivity index (χ2n) is 7.57. The average Bonchev–Trinajstić information content (AvgIpc) is 3.22. The fourth-order valence-corrected chi connectivity index (χ4v) is 3.26. The molecule has 2 aromatic heterocycles. The Kier molecular flexibility index (Phi) is 5.67. The molecule has 1 N–H and O–H groups in total. The van der Waals surface area contributed by atoms with Crippen LogP contribution in [0, 0.1) is 0 Å². The highest BCUT2D eigenvalue weighted by atomic mass is 19.4. The third-order valence-corrected chi connectivity index (χ3v) is 4.93. The maximum absolute atomic E-state index is 13.2. The van der Waals surface area contributed by atoms with Gasteiger partial charge in [0, 0.05) is 37.5 Å². The van der Waals surface area contributed by atoms with Gasteiger partial charge in [-0.05, 0) is 23.8 Å². The van der Waals surface area contributed by atoms with Crippen LogP contribution in [0.4, 0.5) is 18.9 Å². The lowest BCUT2D eigenvalue weighted by Gasteiger charge is -2.17. The smallest absolute Gasteiger partial charge is 0.416 e. The fraction of sp³-hybridized carbons (Fsp3) is 0.174. The van der Waals surface area contributed by atoms with E-state index in [1.165, 1.54) is 23.1 Å². The zero-order valence-corrected chi connectivity index (χ0v) is 17.7. The van der Waals surface area contributed by atoms with E-state index in [0.717, 1.165) is 22.2 Å². The number of ether oxygens (including phenoxy) is 1. The summed E-state index contributed by atoms with van der Waals surface area (Å²) < 4.78 is 45.9. The van der Waals surface area contributed by atoms with Gasteiger partial charge in [-0.15, -0.1) is 0 Å². The molecule has 4 aromatic rings. The number of aromatic amines is 1. The average molecular weight is 456 g/mol. The molecule has 0 unspecified atom stereocenters. The number of nitrogens with one attached hydrogen (secondary N) is 1. The first-order valence-corrected chi connectivity index (χ1v) is 9.86. The molecule has 0 radical (unpaired) electrons. The molecular formula is C23H19F3N4O3. The Morgan fingerprint density at radius 3 is 2.48 bits per heavy atom. The van der Waals surface area contributed by atoms with Crippen molar-refractivity contribution >= 4 is 17.3 Å². The second-order valence-corrected chi connectivity index (χ2v) is 7.57. The molecule has 170 valence electrons. The molecule has 2 aromatic carbocycles. The molecule has 0 spiro atoms. The standard InChI is InChI=1S/C23H19F3N4O3/c1-29(2)17-9-14(8-16(10-17)23(24,25)26)13-33-22(32)19-11-20-27-18(12-21(31)30(20)28-19)15-6-4-3-5-7-15/h3-12,28H,13H2,1-2H3. The van der Waals surface area contributed by atoms with Crippen molar-refractivity contribution < 1.29 is 22.7 Å². The van der Waals surface area contributed by atoms with Crippen molar-refractivity contribution in [3.63, 3.8) is 0 Å². The lowest BCUT2D eigenvalue weighted by Crippen LogP contribution is -2.15. The van der Waals surface area contributed by atoms with E-state index in [1.807, 2.05) is 18.2 Å². The van der Waals surface area contributed by atoms with Crippen LogP contribution in [-0.2, 0) is 17.5 Å². The molecule has 0 aliphatic heterocycles. The van der Waals surface area contributed by atoms with Crippen LogP contribution in [0.2, 0.25) is 0 Å². The number of anilines is 1. The number of carbonyl (C=O) groups excluding carboxylic acids is 1. The van der Waals surface area contributed by atoms with Crippen LogP contribution in [-0.4, -0.2) is 34.7 Å². The highest BCUT2D eigenvalue weighted by Gasteiger charge is 2.31. The summed E-state index contributed by atoms with van der Waals surface area (Å²) in [5.41, 5.74) is 0.585. The number of hydrogen-bond acceptors (Lipinski definition) is 5. The van der Waals surface area contributed by atoms with Crippen molar-refractivity contribution in [1.29, 1.82) is 0 Å². The molecule has 0 bridgehead atoms. The van der Waals surface area contributed by atoms with Crippen LogP contribution < -0.4 is 10.5 Å². The van der Waals surface area contributed by atoms with Gasteiger partial charge in [-0.2, -0.15) is 13.2 Å². The highest BCUT2D eigenvalue weighted by molar-refractivity contribution is 5.88. The summed E-state index contributed by atoms with van der Waals surface area (Å²) in [6, 6.07) is 15.2. The minimum Gasteiger partial charge on any atom is -0.456 e. The number of carbonyl (C=O) groups is 1. The monoisotopic (exact) mass is 456 g/mol. The number of benzene rings is 2. The van der Waals surface area contributed by atoms with Gasteiger partial charge < -0.3 is 9.64 Å². The molecule has 7 nitrogen and oxygen atoms in total. The van der Waals surface area contributed by atoms with Crippen molar-refractivity contribution in [3.05, 3.63) is 87.8 Å². The maximum Gasteiger partial charge on any atom is 0.416 e. The number of esters is 1. The summed E-state index contributed by atoms with van der Waals surface area (Å²) in [6.07, 6.45) is -4.54. The van der Waals surface area contributed by atoms with E-state index in [4.69, 9.17) is 4.74 Å². The van der Waals surface area contributed by atoms with Crippen molar-refractivity contribution in [2.75, 3.05) is 19.0 Å². The van der Waals surface area contributed by atoms with E-state index in [1.54, 1.807) is 26.2 Å². The fourth-order valence-electron chi connectivity index (χ4n) is 3.26. The van der Waals surface area contributed by atoms with Gasteiger partial charge in [-0.1, -0.05) is 30.3 Å². The molecule has 2 heterocycles. The van der Waals surface area contributed by atoms with Gasteiger partial charge in [-0.3, -0.25) is 9.89 Å². The first-order chi connectivity index (χ1) is 15.6. The van der Waals surface area contributed by atoms with Gasteiger partial charge in [0.05, 0.1) is 11.3 Å². The number of H-pyrrole nitrogens is 1. The zero-order chi connectivity index (χ0) is 23.8. The van der Waals surface area contributed by atoms with Crippen molar-refractivity contribution in [3.8, 4) is 11.3 Å². The Morgan fingerprint density at radius 2 is 1.82 bits per heavy atom. The highest BCUT2D eigenvalue weighted by Crippen LogP contribution is 2.33. The first-order valence-electron chi connectivity index (χ1n) is 9.86. The van der Waals surface area contributed by atoms with E-state index in [9.17, 15) is 22.8 Å². The summed E-state index contributed by atoms with van der Waals surface area (Å²) in [5, 5.41) is 2.62. The lowest BCUT2D eigenvalue weighted by atomic mass is 10.1. The molecule has 0 saturated heterocycles. The predicted octanol–water partition coefficient (Wildman–Crippen LogP) is 4.13. The van der Waals surface area contributed by atoms with Crippen LogP contribution in [0.15, 0.2) is 65.5 Å². The van der Waals surface area contributed by atoms with Crippen molar-refractivity contribution in [1.82, 2.24) is 14.6 Å². The lowest BCUT2D eigenvalue weighted by molar-refractivity contribution is -0.137. The third-order valence-electron chi connectivity index (χ3n) is 4.93. The van der Waals surface area contributed by atoms with Crippen LogP contribution in [0.1, 0.15) is 21.6 Å². The van der Waals surface area contributed by atoms with Gasteiger partial charge >= 0.3 is 12.1 Å². The van der Waals surface area contributed by atoms with Gasteiger partial charge in [-0.25, -0.2) is 14.3 Å². The summed E-state index contributed by atoms with van der Waals surface area (Å²) in [7, 11) is 3.23. The van der Waals surface area contributed by atoms with E-state index >= 15 is 0 Å². The molecule has 10 heteroatoms. The quantitative estimate of drug-likeness (QED) is 0.457. The number of hydrogen-bond donors (Lipinski definition) is 1. The van der Waals surface area contributed by atoms with Crippen LogP contribution in [0.25, 0.3) is 16.9 Å². The molecule has 33 heavy (non-hydrogen) atoms. The molecule has 0 fully saturated rings. The van der Waals surface area contributed by atoms with Gasteiger partial charge in [0.1, 0.15) is 12.3 Å². The van der Waals surface area contributed by atoms with E-state index < -0.39 is 23.3 Å². The number of fused-ring (bicyclic) bond motifs is 1. The van der Waals surface area contributed by atoms with E-state index in [0.29, 0.717) is 11.4 Å². The van der Waals surface area contributed by atoms with Crippen LogP contribution in [0.3, 0.4) is 0 Å². The summed E-state index contributed by atoms with van der Waals surface area (Å²) in [4.78, 5) is 30.9. The van der Waals surface area contributed by atoms with Gasteiger partial charge in [0.15, 0.2) is 5.65 Å². The van der Waals surface area contributed by atoms with Crippen LogP contribution in [0.5, 0.6) is 0 Å². The summed E-state index contributed by atoms with van der Waals surface area (Å²) in [6.45, 7) is -0.378. The molecule has 0 saturated carbocycles. The largest absolute Gasteiger partial charge is 0.456 e. The van der Waals surface area contributed by atoms with Crippen LogP contribution >= 0.6 is 0 Å². The topological polar surface area (TPSA) is 79.7 Å². The molecular weight excluding hydrogens is 437 g/mol. The Morgan fingerprint density at radius 1 is 1.09 bits per heavy atom. The Hall–Kier alpha value is -4.08. The zero-order valence-electron chi connectivity index (χ0n) is 17.7. The molecule has 0 aliphatic rings. The van der Waals surface area contributed by atoms with Crippen molar-refractivity contribution in [2.45, 2.75) is 12.8 Å². The molecule has 0 amide bonds. The Bertz CT molecular complexity index is 1380. The number of alkyl halides is 3. The number of rotatable bonds is 5. The second kappa shape index (κ2) is 8.45. The van der Waals surface area contributed by atoms with Crippen molar-refractivity contribution in [2.24, 2.45) is 0 Å². The predicted molar refractivity (Wildman–Crippen MR) is 116 cm³/mol. The first kappa shape index (κ1) is 22.1. The Balaban J connectivity index is 1.58. The van der Waals surface area contributed by atoms with E-state index in [2.05, 4.69) is 10.1 Å². The SMILES string of the molecule is CN(C)c1cc(COC(=O)c2cc3nc(-c4ccccc4)cc(=O)n3[nH]2)cc(C(F)(F)F)c1. The number of halogens is 3. The number of aromatic nitrogens is 3. The van der Waals surface area contributed by atoms with Gasteiger partial charge in [0.25, 0.3) is 5.56 Å². The van der Waals surface area contributed by atoms with Gasteiger partial charge in [0.2, 0.25) is 0 Å². The minimum absolute atomic E-state index is 0.0513. The minimum atomic E-state index is -4.54. The normalized spacial score (nSPS) is 11.5.